The van der Waals surface area contributed by atoms with Gasteiger partial charge in [0.2, 0.25) is 0 Å². The number of hydrogen-bond acceptors (Lipinski definition) is 4. The summed E-state index contributed by atoms with van der Waals surface area (Å²) in [4.78, 5) is 11.6. The highest BCUT2D eigenvalue weighted by Crippen LogP contribution is 2.11. The molecule has 0 saturated carbocycles. The molecule has 0 aliphatic carbocycles. The average Bonchev–Trinajstić information content (AvgIpc) is 2.36. The zero-order chi connectivity index (χ0) is 13.4. The first-order valence-corrected chi connectivity index (χ1v) is 6.82. The van der Waals surface area contributed by atoms with E-state index in [0.29, 0.717) is 6.54 Å². The predicted molar refractivity (Wildman–Crippen MR) is 72.2 cm³/mol. The highest BCUT2D eigenvalue weighted by molar-refractivity contribution is 7.99. The standard InChI is InChI=1S/C12H17FN2O2S/c13-10-8-9(2-3-11(10)14)12(17)15-4-7-18-6-1-5-16/h2-3,8,16H,1,4-7,14H2,(H,15,17). The third-order valence-corrected chi connectivity index (χ3v) is 3.31. The van der Waals surface area contributed by atoms with Crippen molar-refractivity contribution in [2.45, 2.75) is 6.42 Å². The van der Waals surface area contributed by atoms with Crippen LogP contribution in [0.3, 0.4) is 0 Å². The van der Waals surface area contributed by atoms with Crippen LogP contribution in [0, 0.1) is 5.82 Å². The molecule has 0 atom stereocenters. The molecule has 6 heteroatoms. The van der Waals surface area contributed by atoms with Crippen molar-refractivity contribution in [2.75, 3.05) is 30.4 Å². The molecule has 0 radical (unpaired) electrons. The molecule has 1 amide bonds. The second-order valence-corrected chi connectivity index (χ2v) is 4.91. The Morgan fingerprint density at radius 3 is 2.89 bits per heavy atom. The molecule has 1 rings (SSSR count). The number of nitrogens with one attached hydrogen (secondary N) is 1. The molecule has 0 aliphatic heterocycles. The molecule has 0 heterocycles. The topological polar surface area (TPSA) is 75.4 Å². The van der Waals surface area contributed by atoms with Gasteiger partial charge in [0.15, 0.2) is 0 Å². The number of nitrogens with two attached hydrogens (primary N) is 1. The van der Waals surface area contributed by atoms with Gasteiger partial charge in [-0.25, -0.2) is 4.39 Å². The summed E-state index contributed by atoms with van der Waals surface area (Å²) < 4.78 is 13.1. The summed E-state index contributed by atoms with van der Waals surface area (Å²) in [5.74, 6) is 0.739. The second-order valence-electron chi connectivity index (χ2n) is 3.68. The van der Waals surface area contributed by atoms with E-state index in [1.54, 1.807) is 11.8 Å². The quantitative estimate of drug-likeness (QED) is 0.516. The van der Waals surface area contributed by atoms with Gasteiger partial charge in [-0.05, 0) is 30.4 Å². The number of carbonyl (C=O) groups excluding carboxylic acids is 1. The molecule has 100 valence electrons. The highest BCUT2D eigenvalue weighted by atomic mass is 32.2. The van der Waals surface area contributed by atoms with Crippen molar-refractivity contribution in [1.29, 1.82) is 0 Å². The Labute approximate surface area is 110 Å². The number of aliphatic hydroxyl groups is 1. The lowest BCUT2D eigenvalue weighted by Gasteiger charge is -2.06. The van der Waals surface area contributed by atoms with Gasteiger partial charge in [0.25, 0.3) is 5.91 Å². The van der Waals surface area contributed by atoms with Crippen LogP contribution in [0.25, 0.3) is 0 Å². The minimum Gasteiger partial charge on any atom is -0.396 e. The Bertz CT molecular complexity index is 402. The van der Waals surface area contributed by atoms with Crippen LogP contribution in [0.4, 0.5) is 10.1 Å². The fourth-order valence-electron chi connectivity index (χ4n) is 1.28. The lowest BCUT2D eigenvalue weighted by atomic mass is 10.2. The van der Waals surface area contributed by atoms with E-state index in [-0.39, 0.29) is 23.8 Å². The lowest BCUT2D eigenvalue weighted by Crippen LogP contribution is -2.26. The van der Waals surface area contributed by atoms with Crippen LogP contribution in [0.15, 0.2) is 18.2 Å². The Balaban J connectivity index is 2.30. The predicted octanol–water partition coefficient (Wildman–Crippen LogP) is 1.25. The van der Waals surface area contributed by atoms with Gasteiger partial charge in [0, 0.05) is 24.5 Å². The van der Waals surface area contributed by atoms with Crippen LogP contribution in [0.2, 0.25) is 0 Å². The molecule has 1 aromatic rings. The van der Waals surface area contributed by atoms with Crippen molar-refractivity contribution in [1.82, 2.24) is 5.32 Å². The van der Waals surface area contributed by atoms with Crippen LogP contribution in [-0.2, 0) is 0 Å². The van der Waals surface area contributed by atoms with Crippen molar-refractivity contribution in [3.05, 3.63) is 29.6 Å². The lowest BCUT2D eigenvalue weighted by molar-refractivity contribution is 0.0956. The van der Waals surface area contributed by atoms with Crippen molar-refractivity contribution in [3.63, 3.8) is 0 Å². The average molecular weight is 272 g/mol. The SMILES string of the molecule is Nc1ccc(C(=O)NCCSCCCO)cc1F. The highest BCUT2D eigenvalue weighted by Gasteiger charge is 2.07. The molecule has 0 spiro atoms. The number of thioether (sulfide) groups is 1. The maximum Gasteiger partial charge on any atom is 0.251 e. The minimum absolute atomic E-state index is 0.0334. The maximum atomic E-state index is 13.1. The second kappa shape index (κ2) is 7.94. The van der Waals surface area contributed by atoms with E-state index in [1.165, 1.54) is 12.1 Å². The van der Waals surface area contributed by atoms with E-state index in [1.807, 2.05) is 0 Å². The number of nitrogen functional groups attached to an aromatic ring is 1. The normalized spacial score (nSPS) is 10.3. The maximum absolute atomic E-state index is 13.1. The molecule has 1 aromatic carbocycles. The van der Waals surface area contributed by atoms with E-state index < -0.39 is 5.82 Å². The molecule has 4 N–H and O–H groups in total. The van der Waals surface area contributed by atoms with Crippen LogP contribution in [0.1, 0.15) is 16.8 Å². The van der Waals surface area contributed by atoms with Gasteiger partial charge >= 0.3 is 0 Å². The van der Waals surface area contributed by atoms with Gasteiger partial charge < -0.3 is 16.2 Å². The van der Waals surface area contributed by atoms with Gasteiger partial charge in [-0.15, -0.1) is 0 Å². The van der Waals surface area contributed by atoms with E-state index in [2.05, 4.69) is 5.32 Å². The van der Waals surface area contributed by atoms with E-state index in [0.717, 1.165) is 24.0 Å². The van der Waals surface area contributed by atoms with Crippen molar-refractivity contribution >= 4 is 23.4 Å². The molecule has 0 fully saturated rings. The van der Waals surface area contributed by atoms with E-state index >= 15 is 0 Å². The molecule has 0 bridgehead atoms. The molecular weight excluding hydrogens is 255 g/mol. The smallest absolute Gasteiger partial charge is 0.251 e. The van der Waals surface area contributed by atoms with Crippen molar-refractivity contribution < 1.29 is 14.3 Å². The van der Waals surface area contributed by atoms with Crippen molar-refractivity contribution in [3.8, 4) is 0 Å². The van der Waals surface area contributed by atoms with Gasteiger partial charge in [0.1, 0.15) is 5.82 Å². The van der Waals surface area contributed by atoms with E-state index in [4.69, 9.17) is 10.8 Å². The fraction of sp³-hybridized carbons (Fsp3) is 0.417. The summed E-state index contributed by atoms with van der Waals surface area (Å²) in [7, 11) is 0. The number of carbonyl (C=O) groups is 1. The number of rotatable bonds is 7. The number of amides is 1. The molecule has 18 heavy (non-hydrogen) atoms. The molecule has 4 nitrogen and oxygen atoms in total. The first-order chi connectivity index (χ1) is 8.65. The van der Waals surface area contributed by atoms with Gasteiger partial charge in [-0.1, -0.05) is 0 Å². The van der Waals surface area contributed by atoms with E-state index in [9.17, 15) is 9.18 Å². The fourth-order valence-corrected chi connectivity index (χ4v) is 2.06. The summed E-state index contributed by atoms with van der Waals surface area (Å²) >= 11 is 1.65. The zero-order valence-electron chi connectivity index (χ0n) is 9.99. The van der Waals surface area contributed by atoms with Gasteiger partial charge in [-0.2, -0.15) is 11.8 Å². The number of anilines is 1. The van der Waals surface area contributed by atoms with Crippen LogP contribution in [0.5, 0.6) is 0 Å². The molecule has 0 unspecified atom stereocenters. The number of benzene rings is 1. The van der Waals surface area contributed by atoms with Crippen LogP contribution in [-0.4, -0.2) is 35.7 Å². The largest absolute Gasteiger partial charge is 0.396 e. The summed E-state index contributed by atoms with van der Waals surface area (Å²) in [6, 6.07) is 4.00. The third kappa shape index (κ3) is 4.93. The van der Waals surface area contributed by atoms with Crippen LogP contribution < -0.4 is 11.1 Å². The summed E-state index contributed by atoms with van der Waals surface area (Å²) in [5, 5.41) is 11.3. The molecule has 0 aromatic heterocycles. The minimum atomic E-state index is -0.583. The van der Waals surface area contributed by atoms with Gasteiger partial charge in [0.05, 0.1) is 5.69 Å². The first-order valence-electron chi connectivity index (χ1n) is 5.67. The van der Waals surface area contributed by atoms with Crippen molar-refractivity contribution in [2.24, 2.45) is 0 Å². The Hall–Kier alpha value is -1.27. The third-order valence-electron chi connectivity index (χ3n) is 2.24. The Morgan fingerprint density at radius 1 is 1.44 bits per heavy atom. The number of aliphatic hydroxyl groups excluding tert-OH is 1. The summed E-state index contributed by atoms with van der Waals surface area (Å²) in [6.07, 6.45) is 0.752. The molecular formula is C12H17FN2O2S. The summed E-state index contributed by atoms with van der Waals surface area (Å²) in [5.41, 5.74) is 5.63. The number of halogens is 1. The molecule has 0 saturated heterocycles. The number of hydrogen-bond donors (Lipinski definition) is 3. The summed E-state index contributed by atoms with van der Waals surface area (Å²) in [6.45, 7) is 0.699. The Morgan fingerprint density at radius 2 is 2.22 bits per heavy atom. The van der Waals surface area contributed by atoms with Crippen LogP contribution >= 0.6 is 11.8 Å². The van der Waals surface area contributed by atoms with Gasteiger partial charge in [-0.3, -0.25) is 4.79 Å². The zero-order valence-corrected chi connectivity index (χ0v) is 10.8. The molecule has 0 aliphatic rings. The first kappa shape index (κ1) is 14.8. The Kier molecular flexibility index (Phi) is 6.53. The monoisotopic (exact) mass is 272 g/mol.